The van der Waals surface area contributed by atoms with Gasteiger partial charge in [-0.2, -0.15) is 38.9 Å². The highest BCUT2D eigenvalue weighted by Crippen LogP contribution is 2.13. The maximum absolute atomic E-state index is 10.5. The van der Waals surface area contributed by atoms with Crippen molar-refractivity contribution in [2.45, 2.75) is 90.7 Å². The smallest absolute Gasteiger partial charge is 0.271 e. The van der Waals surface area contributed by atoms with Crippen LogP contribution in [0.15, 0.2) is 24.6 Å². The number of unbranched alkanes of at least 4 members (excludes halogenated alkanes) is 1. The Morgan fingerprint density at radius 3 is 1.23 bits per heavy atom. The van der Waals surface area contributed by atoms with Crippen molar-refractivity contribution in [1.29, 1.82) is 5.26 Å². The van der Waals surface area contributed by atoms with Gasteiger partial charge in [0.2, 0.25) is 0 Å². The van der Waals surface area contributed by atoms with Crippen LogP contribution in [0.3, 0.4) is 0 Å². The first-order valence-corrected chi connectivity index (χ1v) is 31.4. The largest absolute Gasteiger partial charge is 0.278 e. The van der Waals surface area contributed by atoms with E-state index in [0.717, 1.165) is 31.4 Å². The Bertz CT molecular complexity index is 1230. The molecule has 0 radical (unpaired) electrons. The molecule has 0 bridgehead atoms. The third-order valence-corrected chi connectivity index (χ3v) is 13.3. The van der Waals surface area contributed by atoms with E-state index in [-0.39, 0.29) is 6.61 Å². The normalized spacial score (nSPS) is 12.2. The zero-order valence-electron chi connectivity index (χ0n) is 29.1. The van der Waals surface area contributed by atoms with Crippen LogP contribution in [0, 0.1) is 11.3 Å². The van der Waals surface area contributed by atoms with E-state index in [0.29, 0.717) is 25.5 Å². The second-order valence-electron chi connectivity index (χ2n) is 12.6. The van der Waals surface area contributed by atoms with E-state index in [1.54, 1.807) is 6.92 Å². The lowest BCUT2D eigenvalue weighted by Crippen LogP contribution is -2.21. The van der Waals surface area contributed by atoms with Crippen LogP contribution >= 0.6 is 0 Å². The topological polar surface area (TPSA) is 188 Å². The summed E-state index contributed by atoms with van der Waals surface area (Å²) in [5, 5.41) is 8.28. The SMILES string of the molecule is C=C[Si](C)(C)C.C=C[Si](C)(C)CCCC#N.CCOS(C)(=O)=O.CS(=O)(=O)OS(C)(=O)=O.C[Si](C)(C)CCCOS(C)(=O)=O. The molecule has 0 heterocycles. The van der Waals surface area contributed by atoms with Crippen molar-refractivity contribution in [3.8, 4) is 6.07 Å². The highest BCUT2D eigenvalue weighted by Gasteiger charge is 2.14. The summed E-state index contributed by atoms with van der Waals surface area (Å²) in [7, 11) is -17.1. The molecule has 0 saturated carbocycles. The van der Waals surface area contributed by atoms with Crippen LogP contribution in [0.4, 0.5) is 0 Å². The number of nitrogens with zero attached hydrogens (tertiary/aromatic N) is 1. The van der Waals surface area contributed by atoms with Crippen LogP contribution in [0.1, 0.15) is 26.2 Å². The molecule has 0 rings (SSSR count). The molecule has 0 aliphatic rings. The van der Waals surface area contributed by atoms with Gasteiger partial charge in [0, 0.05) is 14.5 Å². The molecule has 0 unspecified atom stereocenters. The number of nitriles is 1. The van der Waals surface area contributed by atoms with Crippen molar-refractivity contribution < 1.29 is 45.7 Å². The van der Waals surface area contributed by atoms with Crippen molar-refractivity contribution in [3.63, 3.8) is 0 Å². The Hall–Kier alpha value is -0.699. The fraction of sp³-hybridized carbons (Fsp3) is 0.800. The molecular formula is C25H59NO11S4Si3. The van der Waals surface area contributed by atoms with Gasteiger partial charge < -0.3 is 0 Å². The maximum atomic E-state index is 10.5. The molecule has 0 saturated heterocycles. The summed E-state index contributed by atoms with van der Waals surface area (Å²) < 4.78 is 93.7. The standard InChI is InChI=1S/C8H15NSi.C7H18O3SSi.C5H12Si.C3H8O3S.C2H6O5S2/c1-4-10(2,3)8-6-5-7-9;1-11(8,9)10-6-5-7-12(2,3)4;1-5-6(2,3)4;1-3-6-7(2,4)5;1-8(3,4)7-9(2,5)6/h4H,1,5-6,8H2,2-3H3;5-7H2,1-4H3;5H,1H2,2-4H3;3H2,1-2H3;1-2H3. The maximum Gasteiger partial charge on any atom is 0.278 e. The van der Waals surface area contributed by atoms with Gasteiger partial charge in [0.25, 0.3) is 40.5 Å². The lowest BCUT2D eigenvalue weighted by molar-refractivity contribution is 0.321. The first kappa shape index (κ1) is 52.8. The van der Waals surface area contributed by atoms with E-state index in [1.165, 1.54) is 6.04 Å². The van der Waals surface area contributed by atoms with Crippen LogP contribution in [-0.2, 0) is 52.5 Å². The quantitative estimate of drug-likeness (QED) is 0.125. The zero-order chi connectivity index (χ0) is 36.7. The number of hydrogen-bond acceptors (Lipinski definition) is 12. The van der Waals surface area contributed by atoms with Gasteiger partial charge in [-0.05, 0) is 19.8 Å². The van der Waals surface area contributed by atoms with Gasteiger partial charge in [-0.15, -0.1) is 28.2 Å². The van der Waals surface area contributed by atoms with Gasteiger partial charge in [-0.3, -0.25) is 8.37 Å². The van der Waals surface area contributed by atoms with Gasteiger partial charge in [-0.25, -0.2) is 0 Å². The summed E-state index contributed by atoms with van der Waals surface area (Å²) in [5.41, 5.74) is 4.16. The van der Waals surface area contributed by atoms with Crippen molar-refractivity contribution in [2.24, 2.45) is 0 Å². The minimum Gasteiger partial charge on any atom is -0.271 e. The van der Waals surface area contributed by atoms with Gasteiger partial charge >= 0.3 is 0 Å². The fourth-order valence-corrected chi connectivity index (χ4v) is 7.12. The van der Waals surface area contributed by atoms with Crippen LogP contribution in [-0.4, -0.2) is 96.1 Å². The zero-order valence-corrected chi connectivity index (χ0v) is 35.4. The second-order valence-corrected chi connectivity index (χ2v) is 34.8. The van der Waals surface area contributed by atoms with Gasteiger partial charge in [0.1, 0.15) is 0 Å². The highest BCUT2D eigenvalue weighted by molar-refractivity contribution is 7.99. The minimum atomic E-state index is -3.87. The van der Waals surface area contributed by atoms with E-state index in [1.807, 2.05) is 0 Å². The molecule has 0 N–H and O–H groups in total. The summed E-state index contributed by atoms with van der Waals surface area (Å²) in [5.74, 6) is 0. The predicted molar refractivity (Wildman–Crippen MR) is 192 cm³/mol. The summed E-state index contributed by atoms with van der Waals surface area (Å²) in [6, 6.07) is 4.46. The molecule has 0 aromatic rings. The van der Waals surface area contributed by atoms with Crippen molar-refractivity contribution in [1.82, 2.24) is 0 Å². The van der Waals surface area contributed by atoms with Gasteiger partial charge in [0.15, 0.2) is 0 Å². The third kappa shape index (κ3) is 73.1. The third-order valence-electron chi connectivity index (χ3n) is 4.22. The van der Waals surface area contributed by atoms with E-state index >= 15 is 0 Å². The summed E-state index contributed by atoms with van der Waals surface area (Å²) in [4.78, 5) is 0. The molecule has 44 heavy (non-hydrogen) atoms. The second kappa shape index (κ2) is 24.5. The van der Waals surface area contributed by atoms with Crippen molar-refractivity contribution in [3.05, 3.63) is 24.6 Å². The number of rotatable bonds is 14. The Kier molecular flexibility index (Phi) is 29.4. The van der Waals surface area contributed by atoms with Crippen LogP contribution in [0.25, 0.3) is 0 Å². The molecule has 0 aromatic heterocycles. The first-order valence-electron chi connectivity index (χ1n) is 13.6. The molecule has 0 aromatic carbocycles. The minimum absolute atomic E-state index is 0.221. The van der Waals surface area contributed by atoms with E-state index in [2.05, 4.69) is 95.0 Å². The molecular weight excluding hydrogens is 703 g/mol. The Labute approximate surface area is 273 Å². The van der Waals surface area contributed by atoms with Crippen molar-refractivity contribution >= 4 is 64.7 Å². The Morgan fingerprint density at radius 1 is 0.659 bits per heavy atom. The molecule has 266 valence electrons. The summed E-state index contributed by atoms with van der Waals surface area (Å²) >= 11 is 0. The van der Waals surface area contributed by atoms with E-state index in [9.17, 15) is 33.7 Å². The van der Waals surface area contributed by atoms with E-state index < -0.39 is 64.7 Å². The molecule has 0 aliphatic carbocycles. The van der Waals surface area contributed by atoms with Crippen LogP contribution in [0.5, 0.6) is 0 Å². The monoisotopic (exact) mass is 761 g/mol. The molecule has 0 spiro atoms. The Balaban J connectivity index is -0.000000147. The number of hydrogen-bond donors (Lipinski definition) is 0. The first-order chi connectivity index (χ1) is 19.2. The summed E-state index contributed by atoms with van der Waals surface area (Å²) in [6.07, 6.45) is 6.02. The summed E-state index contributed by atoms with van der Waals surface area (Å²) in [6.45, 7) is 27.8. The molecule has 12 nitrogen and oxygen atoms in total. The molecule has 0 fully saturated rings. The lowest BCUT2D eigenvalue weighted by Gasteiger charge is -2.14. The van der Waals surface area contributed by atoms with Crippen LogP contribution < -0.4 is 0 Å². The van der Waals surface area contributed by atoms with Gasteiger partial charge in [-0.1, -0.05) is 64.5 Å². The average Bonchev–Trinajstić information content (AvgIpc) is 2.74. The Morgan fingerprint density at radius 2 is 1.05 bits per heavy atom. The van der Waals surface area contributed by atoms with Crippen LogP contribution in [0.2, 0.25) is 64.5 Å². The molecule has 0 atom stereocenters. The van der Waals surface area contributed by atoms with Gasteiger partial charge in [0.05, 0.1) is 60.5 Å². The molecule has 0 amide bonds. The van der Waals surface area contributed by atoms with Crippen molar-refractivity contribution in [2.75, 3.05) is 38.2 Å². The lowest BCUT2D eigenvalue weighted by atomic mass is 10.4. The molecule has 19 heteroatoms. The highest BCUT2D eigenvalue weighted by atomic mass is 32.3. The van der Waals surface area contributed by atoms with E-state index in [4.69, 9.17) is 5.26 Å². The predicted octanol–water partition coefficient (Wildman–Crippen LogP) is 5.37. The fourth-order valence-electron chi connectivity index (χ4n) is 1.98. The average molecular weight is 762 g/mol. The molecule has 0 aliphatic heterocycles.